The normalized spacial score (nSPS) is 20.6. The summed E-state index contributed by atoms with van der Waals surface area (Å²) in [5.41, 5.74) is 3.64. The van der Waals surface area contributed by atoms with Crippen LogP contribution in [0.2, 0.25) is 5.02 Å². The van der Waals surface area contributed by atoms with Gasteiger partial charge in [0.25, 0.3) is 0 Å². The molecule has 0 aromatic heterocycles. The first kappa shape index (κ1) is 18.1. The molecule has 25 heavy (non-hydrogen) atoms. The fourth-order valence-corrected chi connectivity index (χ4v) is 3.49. The predicted octanol–water partition coefficient (Wildman–Crippen LogP) is 3.56. The van der Waals surface area contributed by atoms with Gasteiger partial charge in [0.1, 0.15) is 12.4 Å². The number of nitrogens with zero attached hydrogens (tertiary/aromatic N) is 1. The Labute approximate surface area is 154 Å². The Bertz CT molecular complexity index is 705. The molecule has 1 saturated heterocycles. The molecular weight excluding hydrogens is 336 g/mol. The van der Waals surface area contributed by atoms with Crippen LogP contribution in [0.5, 0.6) is 5.75 Å². The first-order valence-corrected chi connectivity index (χ1v) is 9.06. The van der Waals surface area contributed by atoms with Gasteiger partial charge in [-0.05, 0) is 55.3 Å². The molecule has 0 saturated carbocycles. The Hall–Kier alpha value is -1.75. The molecule has 0 amide bonds. The van der Waals surface area contributed by atoms with E-state index in [9.17, 15) is 0 Å². The van der Waals surface area contributed by atoms with Gasteiger partial charge in [0.05, 0.1) is 12.6 Å². The highest BCUT2D eigenvalue weighted by molar-refractivity contribution is 6.30. The summed E-state index contributed by atoms with van der Waals surface area (Å²) in [5, 5.41) is 13.3. The maximum Gasteiger partial charge on any atom is 0.119 e. The van der Waals surface area contributed by atoms with Crippen LogP contribution >= 0.6 is 11.6 Å². The van der Waals surface area contributed by atoms with Crippen molar-refractivity contribution in [3.63, 3.8) is 0 Å². The molecule has 1 heterocycles. The number of anilines is 1. The van der Waals surface area contributed by atoms with Crippen LogP contribution < -0.4 is 15.0 Å². The van der Waals surface area contributed by atoms with Crippen molar-refractivity contribution in [2.75, 3.05) is 31.2 Å². The van der Waals surface area contributed by atoms with E-state index in [1.54, 1.807) is 0 Å². The van der Waals surface area contributed by atoms with E-state index in [4.69, 9.17) is 21.4 Å². The number of aliphatic hydroxyl groups is 1. The number of hydrogen-bond donors (Lipinski definition) is 2. The molecule has 2 aromatic carbocycles. The lowest BCUT2D eigenvalue weighted by Gasteiger charge is -2.42. The minimum atomic E-state index is 0.0226. The summed E-state index contributed by atoms with van der Waals surface area (Å²) in [6, 6.07) is 14.9. The molecule has 2 atom stereocenters. The molecule has 1 aliphatic rings. The molecule has 1 fully saturated rings. The van der Waals surface area contributed by atoms with Gasteiger partial charge < -0.3 is 20.1 Å². The van der Waals surface area contributed by atoms with Gasteiger partial charge in [-0.3, -0.25) is 0 Å². The molecule has 2 N–H and O–H groups in total. The van der Waals surface area contributed by atoms with Crippen LogP contribution in [0.15, 0.2) is 42.5 Å². The highest BCUT2D eigenvalue weighted by Gasteiger charge is 2.28. The number of nitrogens with one attached hydrogen (secondary N) is 1. The van der Waals surface area contributed by atoms with Gasteiger partial charge in [-0.25, -0.2) is 0 Å². The summed E-state index contributed by atoms with van der Waals surface area (Å²) >= 11 is 6.05. The molecular formula is C20H25ClN2O2. The van der Waals surface area contributed by atoms with Crippen molar-refractivity contribution in [3.8, 4) is 5.75 Å². The fourth-order valence-electron chi connectivity index (χ4n) is 3.36. The van der Waals surface area contributed by atoms with Crippen molar-refractivity contribution in [2.45, 2.75) is 25.9 Å². The Balaban J connectivity index is 1.89. The maximum absolute atomic E-state index is 8.92. The lowest BCUT2D eigenvalue weighted by atomic mass is 9.99. The SMILES string of the molecule is Cc1cc(OCCO)ccc1N1C[C@@H](C)NC[C@H]1c1ccc(Cl)cc1. The molecule has 0 bridgehead atoms. The van der Waals surface area contributed by atoms with Gasteiger partial charge in [0.2, 0.25) is 0 Å². The molecule has 3 rings (SSSR count). The number of hydrogen-bond acceptors (Lipinski definition) is 4. The molecule has 0 unspecified atom stereocenters. The van der Waals surface area contributed by atoms with E-state index in [2.05, 4.69) is 42.3 Å². The number of aliphatic hydroxyl groups excluding tert-OH is 1. The van der Waals surface area contributed by atoms with E-state index >= 15 is 0 Å². The van der Waals surface area contributed by atoms with Crippen LogP contribution in [0.25, 0.3) is 0 Å². The zero-order valence-electron chi connectivity index (χ0n) is 14.7. The van der Waals surface area contributed by atoms with E-state index in [1.807, 2.05) is 24.3 Å². The van der Waals surface area contributed by atoms with Crippen molar-refractivity contribution in [1.82, 2.24) is 5.32 Å². The van der Waals surface area contributed by atoms with Gasteiger partial charge >= 0.3 is 0 Å². The van der Waals surface area contributed by atoms with Crippen LogP contribution in [0, 0.1) is 6.92 Å². The standard InChI is InChI=1S/C20H25ClN2O2/c1-14-11-18(25-10-9-24)7-8-19(14)23-13-15(2)22-12-20(23)16-3-5-17(21)6-4-16/h3-8,11,15,20,22,24H,9-10,12-13H2,1-2H3/t15-,20+/m1/s1. The number of benzene rings is 2. The maximum atomic E-state index is 8.92. The lowest BCUT2D eigenvalue weighted by molar-refractivity contribution is 0.201. The second-order valence-corrected chi connectivity index (χ2v) is 6.99. The van der Waals surface area contributed by atoms with Gasteiger partial charge in [0.15, 0.2) is 0 Å². The number of piperazine rings is 1. The molecule has 0 spiro atoms. The average Bonchev–Trinajstić information content (AvgIpc) is 2.61. The molecule has 1 aliphatic heterocycles. The van der Waals surface area contributed by atoms with Crippen molar-refractivity contribution in [3.05, 3.63) is 58.6 Å². The fraction of sp³-hybridized carbons (Fsp3) is 0.400. The molecule has 0 radical (unpaired) electrons. The second-order valence-electron chi connectivity index (χ2n) is 6.55. The summed E-state index contributed by atoms with van der Waals surface area (Å²) in [7, 11) is 0. The zero-order valence-corrected chi connectivity index (χ0v) is 15.5. The zero-order chi connectivity index (χ0) is 17.8. The van der Waals surface area contributed by atoms with Crippen LogP contribution in [-0.4, -0.2) is 37.5 Å². The van der Waals surface area contributed by atoms with Crippen molar-refractivity contribution in [2.24, 2.45) is 0 Å². The summed E-state index contributed by atoms with van der Waals surface area (Å²) in [4.78, 5) is 2.45. The van der Waals surface area contributed by atoms with E-state index in [-0.39, 0.29) is 12.6 Å². The van der Waals surface area contributed by atoms with Crippen molar-refractivity contribution in [1.29, 1.82) is 0 Å². The number of halogens is 1. The first-order valence-electron chi connectivity index (χ1n) is 8.68. The number of aryl methyl sites for hydroxylation is 1. The van der Waals surface area contributed by atoms with Gasteiger partial charge in [-0.15, -0.1) is 0 Å². The van der Waals surface area contributed by atoms with Crippen LogP contribution in [0.1, 0.15) is 24.1 Å². The Morgan fingerprint density at radius 2 is 2.00 bits per heavy atom. The third kappa shape index (κ3) is 4.27. The van der Waals surface area contributed by atoms with Gasteiger partial charge in [0, 0.05) is 29.8 Å². The van der Waals surface area contributed by atoms with E-state index in [0.29, 0.717) is 12.6 Å². The van der Waals surface area contributed by atoms with Gasteiger partial charge in [-0.2, -0.15) is 0 Å². The topological polar surface area (TPSA) is 44.7 Å². The molecule has 0 aliphatic carbocycles. The number of rotatable bonds is 5. The van der Waals surface area contributed by atoms with Crippen molar-refractivity contribution < 1.29 is 9.84 Å². The minimum Gasteiger partial charge on any atom is -0.491 e. The third-order valence-corrected chi connectivity index (χ3v) is 4.85. The monoisotopic (exact) mass is 360 g/mol. The van der Waals surface area contributed by atoms with E-state index in [0.717, 1.165) is 23.9 Å². The van der Waals surface area contributed by atoms with E-state index < -0.39 is 0 Å². The average molecular weight is 361 g/mol. The first-order chi connectivity index (χ1) is 12.1. The largest absolute Gasteiger partial charge is 0.491 e. The van der Waals surface area contributed by atoms with Crippen molar-refractivity contribution >= 4 is 17.3 Å². The Morgan fingerprint density at radius 1 is 1.24 bits per heavy atom. The summed E-state index contributed by atoms with van der Waals surface area (Å²) in [6.07, 6.45) is 0. The molecule has 2 aromatic rings. The second kappa shape index (κ2) is 8.09. The molecule has 4 nitrogen and oxygen atoms in total. The highest BCUT2D eigenvalue weighted by Crippen LogP contribution is 2.33. The third-order valence-electron chi connectivity index (χ3n) is 4.60. The molecule has 5 heteroatoms. The quantitative estimate of drug-likeness (QED) is 0.855. The molecule has 134 valence electrons. The highest BCUT2D eigenvalue weighted by atomic mass is 35.5. The minimum absolute atomic E-state index is 0.0226. The van der Waals surface area contributed by atoms with Crippen LogP contribution in [0.3, 0.4) is 0 Å². The Morgan fingerprint density at radius 3 is 2.68 bits per heavy atom. The summed E-state index contributed by atoms with van der Waals surface area (Å²) in [5.74, 6) is 0.793. The Kier molecular flexibility index (Phi) is 5.84. The van der Waals surface area contributed by atoms with Gasteiger partial charge in [-0.1, -0.05) is 23.7 Å². The number of ether oxygens (including phenoxy) is 1. The predicted molar refractivity (Wildman–Crippen MR) is 103 cm³/mol. The van der Waals surface area contributed by atoms with E-state index in [1.165, 1.54) is 16.8 Å². The summed E-state index contributed by atoms with van der Waals surface area (Å²) in [6.45, 7) is 6.48. The summed E-state index contributed by atoms with van der Waals surface area (Å²) < 4.78 is 5.53. The van der Waals surface area contributed by atoms with Crippen LogP contribution in [0.4, 0.5) is 5.69 Å². The van der Waals surface area contributed by atoms with Crippen LogP contribution in [-0.2, 0) is 0 Å². The smallest absolute Gasteiger partial charge is 0.119 e. The lowest BCUT2D eigenvalue weighted by Crippen LogP contribution is -2.51.